The molecule has 1 aliphatic rings. The van der Waals surface area contributed by atoms with Crippen LogP contribution in [0.2, 0.25) is 0 Å². The molecule has 0 amide bonds. The summed E-state index contributed by atoms with van der Waals surface area (Å²) >= 11 is 0. The summed E-state index contributed by atoms with van der Waals surface area (Å²) in [6, 6.07) is 25.3. The molecule has 1 unspecified atom stereocenters. The number of rotatable bonds is 3. The van der Waals surface area contributed by atoms with E-state index in [-0.39, 0.29) is 5.92 Å². The fourth-order valence-corrected chi connectivity index (χ4v) is 4.79. The molecule has 38 heavy (non-hydrogen) atoms. The van der Waals surface area contributed by atoms with Gasteiger partial charge in [-0.3, -0.25) is 4.99 Å². The molecule has 2 N–H and O–H groups in total. The number of aryl methyl sites for hydroxylation is 1. The number of hydrogen-bond acceptors (Lipinski definition) is 5. The lowest BCUT2D eigenvalue weighted by molar-refractivity contribution is 0.304. The van der Waals surface area contributed by atoms with E-state index in [4.69, 9.17) is 4.74 Å². The summed E-state index contributed by atoms with van der Waals surface area (Å²) in [4.78, 5) is 9.21. The number of pyridine rings is 1. The molecule has 3 aromatic carbocycles. The van der Waals surface area contributed by atoms with E-state index >= 15 is 0 Å². The average Bonchev–Trinajstić information content (AvgIpc) is 2.93. The zero-order valence-corrected chi connectivity index (χ0v) is 22.7. The molecule has 5 heteroatoms. The third kappa shape index (κ3) is 5.66. The maximum absolute atomic E-state index is 9.64. The first-order valence-electron chi connectivity index (χ1n) is 12.9. The van der Waals surface area contributed by atoms with Gasteiger partial charge in [-0.1, -0.05) is 50.2 Å². The van der Waals surface area contributed by atoms with Crippen molar-refractivity contribution in [3.05, 3.63) is 106 Å². The van der Waals surface area contributed by atoms with Crippen LogP contribution >= 0.6 is 0 Å². The standard InChI is InChI=1S/C32H29N3O.CH5N/c1-20(2)17-34-18-22(4)32-25-10-11-30-29(13-25)28(15-27(16-33)35-30)24-7-5-6-23(12-24)19-36-31-14-26(32)9-8-21(31)3;1-2/h5-15,17-18,20,32H,19H2,1-4H3;2H2,1H3/b22-18+,34-17?;. The SMILES string of the molecule is C/C(=C\N=CC(C)C)C1c2ccc(C)c(c2)OCc2cccc(c2)-c2cc(C#N)nc3ccc1cc23.CN. The summed E-state index contributed by atoms with van der Waals surface area (Å²) in [5, 5.41) is 10.7. The van der Waals surface area contributed by atoms with Gasteiger partial charge in [-0.15, -0.1) is 0 Å². The van der Waals surface area contributed by atoms with Crippen molar-refractivity contribution in [2.24, 2.45) is 16.6 Å². The normalized spacial score (nSPS) is 14.7. The molecule has 4 aromatic rings. The van der Waals surface area contributed by atoms with Gasteiger partial charge in [0.15, 0.2) is 0 Å². The van der Waals surface area contributed by atoms with Crippen LogP contribution in [0.1, 0.15) is 54.6 Å². The Hall–Kier alpha value is -4.27. The van der Waals surface area contributed by atoms with Crippen molar-refractivity contribution in [3.63, 3.8) is 0 Å². The number of nitrogens with zero attached hydrogens (tertiary/aromatic N) is 3. The van der Waals surface area contributed by atoms with Crippen molar-refractivity contribution in [1.29, 1.82) is 5.26 Å². The summed E-state index contributed by atoms with van der Waals surface area (Å²) in [6.45, 7) is 8.92. The number of hydrogen-bond donors (Lipinski definition) is 1. The average molecular weight is 503 g/mol. The predicted octanol–water partition coefficient (Wildman–Crippen LogP) is 7.31. The van der Waals surface area contributed by atoms with Crippen molar-refractivity contribution in [1.82, 2.24) is 4.98 Å². The molecule has 5 rings (SSSR count). The number of fused-ring (bicyclic) bond motifs is 6. The molecule has 6 bridgehead atoms. The second-order valence-electron chi connectivity index (χ2n) is 9.81. The summed E-state index contributed by atoms with van der Waals surface area (Å²) in [5.41, 5.74) is 13.4. The zero-order valence-electron chi connectivity index (χ0n) is 22.7. The van der Waals surface area contributed by atoms with Crippen molar-refractivity contribution >= 4 is 17.1 Å². The fourth-order valence-electron chi connectivity index (χ4n) is 4.79. The Balaban J connectivity index is 0.00000164. The smallest absolute Gasteiger partial charge is 0.141 e. The Kier molecular flexibility index (Phi) is 8.35. The molecule has 0 aliphatic carbocycles. The van der Waals surface area contributed by atoms with Gasteiger partial charge in [-0.2, -0.15) is 5.26 Å². The van der Waals surface area contributed by atoms with Gasteiger partial charge < -0.3 is 10.5 Å². The third-order valence-electron chi connectivity index (χ3n) is 6.58. The molecule has 5 nitrogen and oxygen atoms in total. The van der Waals surface area contributed by atoms with Crippen LogP contribution in [0.3, 0.4) is 0 Å². The number of aliphatic imine (C=N–C) groups is 1. The topological polar surface area (TPSA) is 84.3 Å². The first kappa shape index (κ1) is 26.8. The largest absolute Gasteiger partial charge is 0.489 e. The molecule has 0 saturated carbocycles. The molecular weight excluding hydrogens is 468 g/mol. The molecule has 1 aromatic heterocycles. The Morgan fingerprint density at radius 3 is 2.61 bits per heavy atom. The maximum atomic E-state index is 9.64. The maximum Gasteiger partial charge on any atom is 0.141 e. The molecule has 0 fully saturated rings. The highest BCUT2D eigenvalue weighted by Crippen LogP contribution is 2.38. The number of ether oxygens (including phenoxy) is 1. The molecule has 2 heterocycles. The van der Waals surface area contributed by atoms with Gasteiger partial charge in [-0.25, -0.2) is 4.98 Å². The Labute approximate surface area is 225 Å². The van der Waals surface area contributed by atoms with E-state index in [2.05, 4.69) is 98.0 Å². The first-order chi connectivity index (χ1) is 18.4. The minimum atomic E-state index is -0.00554. The lowest BCUT2D eigenvalue weighted by atomic mass is 9.84. The number of aromatic nitrogens is 1. The second kappa shape index (κ2) is 11.9. The lowest BCUT2D eigenvalue weighted by Gasteiger charge is -2.21. The third-order valence-corrected chi connectivity index (χ3v) is 6.58. The van der Waals surface area contributed by atoms with Crippen molar-refractivity contribution in [2.45, 2.75) is 40.2 Å². The minimum Gasteiger partial charge on any atom is -0.489 e. The summed E-state index contributed by atoms with van der Waals surface area (Å²) < 4.78 is 6.33. The van der Waals surface area contributed by atoms with E-state index in [0.29, 0.717) is 18.2 Å². The van der Waals surface area contributed by atoms with Crippen molar-refractivity contribution < 1.29 is 4.74 Å². The van der Waals surface area contributed by atoms with E-state index in [1.807, 2.05) is 30.6 Å². The molecule has 192 valence electrons. The highest BCUT2D eigenvalue weighted by molar-refractivity contribution is 5.95. The molecule has 1 atom stereocenters. The van der Waals surface area contributed by atoms with E-state index in [1.165, 1.54) is 7.05 Å². The van der Waals surface area contributed by atoms with Crippen molar-refractivity contribution in [3.8, 4) is 22.9 Å². The Morgan fingerprint density at radius 2 is 1.84 bits per heavy atom. The molecule has 0 radical (unpaired) electrons. The second-order valence-corrected chi connectivity index (χ2v) is 9.81. The lowest BCUT2D eigenvalue weighted by Crippen LogP contribution is -2.05. The zero-order chi connectivity index (χ0) is 27.2. The Morgan fingerprint density at radius 1 is 1.08 bits per heavy atom. The molecule has 1 aliphatic heterocycles. The van der Waals surface area contributed by atoms with Gasteiger partial charge in [0.05, 0.1) is 5.52 Å². The number of allylic oxidation sites excluding steroid dienone is 1. The van der Waals surface area contributed by atoms with Gasteiger partial charge in [0.25, 0.3) is 0 Å². The number of nitrogens with two attached hydrogens (primary N) is 1. The highest BCUT2D eigenvalue weighted by Gasteiger charge is 2.20. The van der Waals surface area contributed by atoms with Crippen LogP contribution in [0.4, 0.5) is 0 Å². The van der Waals surface area contributed by atoms with E-state index in [0.717, 1.165) is 55.6 Å². The van der Waals surface area contributed by atoms with Crippen molar-refractivity contribution in [2.75, 3.05) is 7.05 Å². The highest BCUT2D eigenvalue weighted by atomic mass is 16.5. The molecule has 0 saturated heterocycles. The van der Waals surface area contributed by atoms with E-state index in [9.17, 15) is 5.26 Å². The van der Waals surface area contributed by atoms with Crippen LogP contribution in [0, 0.1) is 24.2 Å². The monoisotopic (exact) mass is 502 g/mol. The van der Waals surface area contributed by atoms with Crippen LogP contribution in [0.25, 0.3) is 22.0 Å². The van der Waals surface area contributed by atoms with Gasteiger partial charge in [0.1, 0.15) is 24.1 Å². The van der Waals surface area contributed by atoms with Crippen LogP contribution < -0.4 is 10.5 Å². The first-order valence-corrected chi connectivity index (χ1v) is 12.9. The van der Waals surface area contributed by atoms with E-state index in [1.54, 1.807) is 0 Å². The fraction of sp³-hybridized carbons (Fsp3) is 0.242. The predicted molar refractivity (Wildman–Crippen MR) is 156 cm³/mol. The van der Waals surface area contributed by atoms with Gasteiger partial charge in [0.2, 0.25) is 0 Å². The summed E-state index contributed by atoms with van der Waals surface area (Å²) in [7, 11) is 1.50. The van der Waals surface area contributed by atoms with Crippen LogP contribution in [-0.2, 0) is 6.61 Å². The molecular formula is C33H34N4O. The van der Waals surface area contributed by atoms with E-state index < -0.39 is 0 Å². The number of nitriles is 1. The van der Waals surface area contributed by atoms with Gasteiger partial charge in [-0.05, 0) is 96.1 Å². The van der Waals surface area contributed by atoms with Gasteiger partial charge in [0, 0.05) is 23.7 Å². The van der Waals surface area contributed by atoms with Crippen LogP contribution in [0.5, 0.6) is 5.75 Å². The Bertz CT molecular complexity index is 1560. The van der Waals surface area contributed by atoms with Crippen LogP contribution in [0.15, 0.2) is 83.5 Å². The number of benzene rings is 3. The molecule has 0 spiro atoms. The van der Waals surface area contributed by atoms with Crippen LogP contribution in [-0.4, -0.2) is 18.2 Å². The quantitative estimate of drug-likeness (QED) is 0.298. The van der Waals surface area contributed by atoms with Gasteiger partial charge >= 0.3 is 0 Å². The minimum absolute atomic E-state index is 0.00554. The summed E-state index contributed by atoms with van der Waals surface area (Å²) in [5.74, 6) is 1.26. The summed E-state index contributed by atoms with van der Waals surface area (Å²) in [6.07, 6.45) is 3.93.